The van der Waals surface area contributed by atoms with E-state index in [-0.39, 0.29) is 6.10 Å². The molecule has 1 unspecified atom stereocenters. The molecule has 0 amide bonds. The number of rotatable bonds is 7. The quantitative estimate of drug-likeness (QED) is 0.791. The lowest BCUT2D eigenvalue weighted by Gasteiger charge is -2.19. The molecule has 0 heterocycles. The summed E-state index contributed by atoms with van der Waals surface area (Å²) in [6.45, 7) is 5.04. The summed E-state index contributed by atoms with van der Waals surface area (Å²) < 4.78 is 11.4. The Morgan fingerprint density at radius 3 is 2.71 bits per heavy atom. The largest absolute Gasteiger partial charge is 0.493 e. The van der Waals surface area contributed by atoms with Crippen LogP contribution in [0.1, 0.15) is 32.3 Å². The Morgan fingerprint density at radius 1 is 1.35 bits per heavy atom. The summed E-state index contributed by atoms with van der Waals surface area (Å²) in [5.41, 5.74) is 1.13. The molecule has 0 saturated heterocycles. The molecule has 0 aromatic heterocycles. The summed E-state index contributed by atoms with van der Waals surface area (Å²) in [7, 11) is 3.61. The Balaban J connectivity index is 2.91. The van der Waals surface area contributed by atoms with Crippen LogP contribution >= 0.6 is 0 Å². The molecule has 96 valence electrons. The van der Waals surface area contributed by atoms with E-state index < -0.39 is 0 Å². The third-order valence-electron chi connectivity index (χ3n) is 2.66. The highest BCUT2D eigenvalue weighted by Gasteiger charge is 2.12. The Kier molecular flexibility index (Phi) is 5.84. The van der Waals surface area contributed by atoms with Crippen molar-refractivity contribution in [2.75, 3.05) is 14.2 Å². The maximum atomic E-state index is 6.00. The van der Waals surface area contributed by atoms with E-state index in [0.717, 1.165) is 36.4 Å². The average molecular weight is 237 g/mol. The van der Waals surface area contributed by atoms with Gasteiger partial charge in [0.05, 0.1) is 13.2 Å². The van der Waals surface area contributed by atoms with Crippen molar-refractivity contribution in [3.8, 4) is 11.5 Å². The second-order valence-corrected chi connectivity index (χ2v) is 4.20. The van der Waals surface area contributed by atoms with E-state index >= 15 is 0 Å². The van der Waals surface area contributed by atoms with E-state index in [0.29, 0.717) is 0 Å². The molecule has 0 aliphatic rings. The Morgan fingerprint density at radius 2 is 2.12 bits per heavy atom. The van der Waals surface area contributed by atoms with Crippen molar-refractivity contribution in [1.29, 1.82) is 0 Å². The standard InChI is InChI=1S/C14H23NO2/c1-5-7-11(2)17-14-12(10-15-3)8-6-9-13(14)16-4/h6,8-9,11,15H,5,7,10H2,1-4H3. The molecule has 0 saturated carbocycles. The molecule has 1 rings (SSSR count). The smallest absolute Gasteiger partial charge is 0.166 e. The lowest BCUT2D eigenvalue weighted by molar-refractivity contribution is 0.198. The molecular formula is C14H23NO2. The molecule has 0 aliphatic carbocycles. The second-order valence-electron chi connectivity index (χ2n) is 4.20. The summed E-state index contributed by atoms with van der Waals surface area (Å²) in [5, 5.41) is 3.15. The van der Waals surface area contributed by atoms with E-state index in [9.17, 15) is 0 Å². The van der Waals surface area contributed by atoms with Gasteiger partial charge in [0.25, 0.3) is 0 Å². The van der Waals surface area contributed by atoms with Crippen LogP contribution < -0.4 is 14.8 Å². The third kappa shape index (κ3) is 3.93. The molecule has 1 aromatic rings. The van der Waals surface area contributed by atoms with E-state index in [2.05, 4.69) is 25.2 Å². The van der Waals surface area contributed by atoms with Gasteiger partial charge in [-0.05, 0) is 26.5 Å². The molecule has 17 heavy (non-hydrogen) atoms. The fourth-order valence-corrected chi connectivity index (χ4v) is 1.85. The van der Waals surface area contributed by atoms with Crippen molar-refractivity contribution in [2.45, 2.75) is 39.3 Å². The lowest BCUT2D eigenvalue weighted by atomic mass is 10.1. The van der Waals surface area contributed by atoms with Crippen LogP contribution in [-0.4, -0.2) is 20.3 Å². The van der Waals surface area contributed by atoms with E-state index in [4.69, 9.17) is 9.47 Å². The fourth-order valence-electron chi connectivity index (χ4n) is 1.85. The number of para-hydroxylation sites is 1. The minimum atomic E-state index is 0.215. The minimum absolute atomic E-state index is 0.215. The predicted octanol–water partition coefficient (Wildman–Crippen LogP) is 2.98. The van der Waals surface area contributed by atoms with Crippen molar-refractivity contribution in [2.24, 2.45) is 0 Å². The summed E-state index contributed by atoms with van der Waals surface area (Å²) in [6, 6.07) is 5.99. The van der Waals surface area contributed by atoms with Gasteiger partial charge >= 0.3 is 0 Å². The van der Waals surface area contributed by atoms with E-state index in [1.807, 2.05) is 19.2 Å². The topological polar surface area (TPSA) is 30.5 Å². The molecule has 0 aliphatic heterocycles. The van der Waals surface area contributed by atoms with Crippen molar-refractivity contribution >= 4 is 0 Å². The molecule has 1 N–H and O–H groups in total. The number of hydrogen-bond donors (Lipinski definition) is 1. The van der Waals surface area contributed by atoms with Crippen LogP contribution in [0.25, 0.3) is 0 Å². The molecule has 0 bridgehead atoms. The van der Waals surface area contributed by atoms with Crippen molar-refractivity contribution in [1.82, 2.24) is 5.32 Å². The highest BCUT2D eigenvalue weighted by molar-refractivity contribution is 5.46. The monoisotopic (exact) mass is 237 g/mol. The zero-order valence-electron chi connectivity index (χ0n) is 11.2. The van der Waals surface area contributed by atoms with Crippen molar-refractivity contribution in [3.05, 3.63) is 23.8 Å². The number of nitrogens with one attached hydrogen (secondary N) is 1. The van der Waals surface area contributed by atoms with Gasteiger partial charge in [-0.3, -0.25) is 0 Å². The lowest BCUT2D eigenvalue weighted by Crippen LogP contribution is -2.15. The maximum Gasteiger partial charge on any atom is 0.166 e. The predicted molar refractivity (Wildman–Crippen MR) is 70.8 cm³/mol. The SMILES string of the molecule is CCCC(C)Oc1c(CNC)cccc1OC. The zero-order chi connectivity index (χ0) is 12.7. The van der Waals surface area contributed by atoms with Gasteiger partial charge < -0.3 is 14.8 Å². The van der Waals surface area contributed by atoms with Crippen LogP contribution in [-0.2, 0) is 6.54 Å². The molecule has 3 nitrogen and oxygen atoms in total. The van der Waals surface area contributed by atoms with Gasteiger partial charge in [-0.25, -0.2) is 0 Å². The van der Waals surface area contributed by atoms with Gasteiger partial charge in [-0.1, -0.05) is 25.5 Å². The summed E-state index contributed by atoms with van der Waals surface area (Å²) in [4.78, 5) is 0. The van der Waals surface area contributed by atoms with Gasteiger partial charge in [0.2, 0.25) is 0 Å². The number of methoxy groups -OCH3 is 1. The van der Waals surface area contributed by atoms with Crippen LogP contribution in [0.15, 0.2) is 18.2 Å². The Hall–Kier alpha value is -1.22. The molecule has 3 heteroatoms. The van der Waals surface area contributed by atoms with Crippen LogP contribution in [0, 0.1) is 0 Å². The first-order valence-corrected chi connectivity index (χ1v) is 6.20. The summed E-state index contributed by atoms with van der Waals surface area (Å²) in [5.74, 6) is 1.67. The highest BCUT2D eigenvalue weighted by Crippen LogP contribution is 2.32. The molecular weight excluding hydrogens is 214 g/mol. The highest BCUT2D eigenvalue weighted by atomic mass is 16.5. The summed E-state index contributed by atoms with van der Waals surface area (Å²) >= 11 is 0. The van der Waals surface area contributed by atoms with E-state index in [1.54, 1.807) is 7.11 Å². The van der Waals surface area contributed by atoms with Gasteiger partial charge in [0.15, 0.2) is 11.5 Å². The Labute approximate surface area is 104 Å². The first kappa shape index (κ1) is 13.8. The van der Waals surface area contributed by atoms with Crippen LogP contribution in [0.3, 0.4) is 0 Å². The zero-order valence-corrected chi connectivity index (χ0v) is 11.2. The minimum Gasteiger partial charge on any atom is -0.493 e. The molecule has 1 atom stereocenters. The molecule has 0 fully saturated rings. The fraction of sp³-hybridized carbons (Fsp3) is 0.571. The summed E-state index contributed by atoms with van der Waals surface area (Å²) in [6.07, 6.45) is 2.39. The Bertz CT molecular complexity index is 339. The van der Waals surface area contributed by atoms with Crippen LogP contribution in [0.5, 0.6) is 11.5 Å². The third-order valence-corrected chi connectivity index (χ3v) is 2.66. The molecule has 0 spiro atoms. The second kappa shape index (κ2) is 7.17. The number of benzene rings is 1. The first-order valence-electron chi connectivity index (χ1n) is 6.20. The van der Waals surface area contributed by atoms with Gasteiger partial charge in [-0.15, -0.1) is 0 Å². The van der Waals surface area contributed by atoms with Gasteiger partial charge in [0.1, 0.15) is 0 Å². The number of ether oxygens (including phenoxy) is 2. The normalized spacial score (nSPS) is 12.2. The van der Waals surface area contributed by atoms with Crippen molar-refractivity contribution < 1.29 is 9.47 Å². The van der Waals surface area contributed by atoms with E-state index in [1.165, 1.54) is 0 Å². The molecule has 0 radical (unpaired) electrons. The van der Waals surface area contributed by atoms with Crippen LogP contribution in [0.4, 0.5) is 0 Å². The maximum absolute atomic E-state index is 6.00. The van der Waals surface area contributed by atoms with Gasteiger partial charge in [-0.2, -0.15) is 0 Å². The van der Waals surface area contributed by atoms with Crippen LogP contribution in [0.2, 0.25) is 0 Å². The van der Waals surface area contributed by atoms with Gasteiger partial charge in [0, 0.05) is 12.1 Å². The first-order chi connectivity index (χ1) is 8.22. The molecule has 1 aromatic carbocycles. The number of hydrogen-bond acceptors (Lipinski definition) is 3. The van der Waals surface area contributed by atoms with Crippen molar-refractivity contribution in [3.63, 3.8) is 0 Å². The average Bonchev–Trinajstić information content (AvgIpc) is 2.32.